The van der Waals surface area contributed by atoms with Gasteiger partial charge >= 0.3 is 0 Å². The number of carbonyl (C=O) groups excluding carboxylic acids is 1. The molecule has 1 heterocycles. The lowest BCUT2D eigenvalue weighted by molar-refractivity contribution is -0.122. The van der Waals surface area contributed by atoms with Gasteiger partial charge in [-0.05, 0) is 31.9 Å². The van der Waals surface area contributed by atoms with Gasteiger partial charge in [-0.25, -0.2) is 0 Å². The summed E-state index contributed by atoms with van der Waals surface area (Å²) in [5, 5.41) is 6.02. The van der Waals surface area contributed by atoms with Crippen molar-refractivity contribution in [2.24, 2.45) is 0 Å². The molecule has 1 aliphatic heterocycles. The maximum atomic E-state index is 11.2. The molecule has 0 aliphatic carbocycles. The summed E-state index contributed by atoms with van der Waals surface area (Å²) in [5.74, 6) is 0.556. The fourth-order valence-corrected chi connectivity index (χ4v) is 2.26. The van der Waals surface area contributed by atoms with Crippen LogP contribution in [-0.2, 0) is 9.53 Å². The van der Waals surface area contributed by atoms with Gasteiger partial charge in [0.2, 0.25) is 0 Å². The third-order valence-electron chi connectivity index (χ3n) is 3.34. The summed E-state index contributed by atoms with van der Waals surface area (Å²) in [4.78, 5) is 11.2. The van der Waals surface area contributed by atoms with Crippen LogP contribution in [0.15, 0.2) is 24.3 Å². The van der Waals surface area contributed by atoms with Crippen molar-refractivity contribution >= 4 is 11.6 Å². The zero-order valence-corrected chi connectivity index (χ0v) is 12.0. The van der Waals surface area contributed by atoms with Crippen molar-refractivity contribution < 1.29 is 14.3 Å². The maximum Gasteiger partial charge on any atom is 0.257 e. The molecule has 5 heteroatoms. The fraction of sp³-hybridized carbons (Fsp3) is 0.533. The first-order valence-corrected chi connectivity index (χ1v) is 6.99. The van der Waals surface area contributed by atoms with Crippen molar-refractivity contribution in [1.29, 1.82) is 0 Å². The molecular formula is C15H22N2O3. The topological polar surface area (TPSA) is 59.6 Å². The van der Waals surface area contributed by atoms with Gasteiger partial charge in [0.25, 0.3) is 5.91 Å². The van der Waals surface area contributed by atoms with Crippen LogP contribution in [0.5, 0.6) is 5.75 Å². The van der Waals surface area contributed by atoms with Crippen LogP contribution in [0, 0.1) is 0 Å². The first-order chi connectivity index (χ1) is 9.67. The zero-order valence-electron chi connectivity index (χ0n) is 12.0. The van der Waals surface area contributed by atoms with Gasteiger partial charge in [0, 0.05) is 31.5 Å². The molecule has 2 N–H and O–H groups in total. The summed E-state index contributed by atoms with van der Waals surface area (Å²) in [6.07, 6.45) is 2.31. The van der Waals surface area contributed by atoms with Crippen LogP contribution in [-0.4, -0.2) is 38.3 Å². The summed E-state index contributed by atoms with van der Waals surface area (Å²) in [6, 6.07) is 8.12. The summed E-state index contributed by atoms with van der Waals surface area (Å²) in [6.45, 7) is 2.93. The highest BCUT2D eigenvalue weighted by atomic mass is 16.5. The fourth-order valence-electron chi connectivity index (χ4n) is 2.26. The highest BCUT2D eigenvalue weighted by Gasteiger charge is 2.19. The van der Waals surface area contributed by atoms with E-state index in [2.05, 4.69) is 17.6 Å². The molecule has 2 rings (SSSR count). The minimum atomic E-state index is -0.137. The Morgan fingerprint density at radius 2 is 2.35 bits per heavy atom. The largest absolute Gasteiger partial charge is 0.484 e. The molecule has 0 radical (unpaired) electrons. The lowest BCUT2D eigenvalue weighted by Gasteiger charge is -2.28. The van der Waals surface area contributed by atoms with E-state index in [1.165, 1.54) is 0 Å². The SMILES string of the molecule is CNC(=O)COc1cccc(NC2CCOC(C)C2)c1. The van der Waals surface area contributed by atoms with Crippen molar-refractivity contribution in [2.75, 3.05) is 25.6 Å². The van der Waals surface area contributed by atoms with Crippen LogP contribution in [0.3, 0.4) is 0 Å². The number of carbonyl (C=O) groups is 1. The predicted octanol–water partition coefficient (Wildman–Crippen LogP) is 1.79. The molecule has 1 aromatic carbocycles. The molecule has 1 saturated heterocycles. The van der Waals surface area contributed by atoms with Crippen LogP contribution in [0.25, 0.3) is 0 Å². The predicted molar refractivity (Wildman–Crippen MR) is 78.1 cm³/mol. The van der Waals surface area contributed by atoms with E-state index in [9.17, 15) is 4.79 Å². The Bertz CT molecular complexity index is 450. The molecule has 20 heavy (non-hydrogen) atoms. The van der Waals surface area contributed by atoms with Crippen LogP contribution in [0.4, 0.5) is 5.69 Å². The number of likely N-dealkylation sites (N-methyl/N-ethyl adjacent to an activating group) is 1. The van der Waals surface area contributed by atoms with Gasteiger partial charge in [0.05, 0.1) is 6.10 Å². The Hall–Kier alpha value is -1.75. The van der Waals surface area contributed by atoms with Crippen molar-refractivity contribution in [3.63, 3.8) is 0 Å². The van der Waals surface area contributed by atoms with Crippen molar-refractivity contribution in [1.82, 2.24) is 5.32 Å². The molecule has 2 unspecified atom stereocenters. The van der Waals surface area contributed by atoms with E-state index in [0.717, 1.165) is 25.1 Å². The Morgan fingerprint density at radius 1 is 1.50 bits per heavy atom. The smallest absolute Gasteiger partial charge is 0.257 e. The van der Waals surface area contributed by atoms with Crippen molar-refractivity contribution in [3.05, 3.63) is 24.3 Å². The normalized spacial score (nSPS) is 22.1. The van der Waals surface area contributed by atoms with E-state index in [1.54, 1.807) is 7.05 Å². The van der Waals surface area contributed by atoms with Crippen LogP contribution in [0.2, 0.25) is 0 Å². The number of ether oxygens (including phenoxy) is 2. The number of hydrogen-bond donors (Lipinski definition) is 2. The molecule has 110 valence electrons. The second kappa shape index (κ2) is 7.14. The van der Waals surface area contributed by atoms with E-state index in [0.29, 0.717) is 17.9 Å². The standard InChI is InChI=1S/C15H22N2O3/c1-11-8-13(6-7-19-11)17-12-4-3-5-14(9-12)20-10-15(18)16-2/h3-5,9,11,13,17H,6-8,10H2,1-2H3,(H,16,18). The van der Waals surface area contributed by atoms with Crippen LogP contribution >= 0.6 is 0 Å². The Morgan fingerprint density at radius 3 is 3.10 bits per heavy atom. The number of rotatable bonds is 5. The minimum Gasteiger partial charge on any atom is -0.484 e. The molecule has 0 aromatic heterocycles. The van der Waals surface area contributed by atoms with Gasteiger partial charge in [-0.1, -0.05) is 6.07 Å². The van der Waals surface area contributed by atoms with Crippen molar-refractivity contribution in [3.8, 4) is 5.75 Å². The molecule has 0 saturated carbocycles. The summed E-state index contributed by atoms with van der Waals surface area (Å²) < 4.78 is 11.0. The van der Waals surface area contributed by atoms with E-state index < -0.39 is 0 Å². The third-order valence-corrected chi connectivity index (χ3v) is 3.34. The second-order valence-corrected chi connectivity index (χ2v) is 5.04. The molecular weight excluding hydrogens is 256 g/mol. The van der Waals surface area contributed by atoms with Gasteiger partial charge in [0.15, 0.2) is 6.61 Å². The zero-order chi connectivity index (χ0) is 14.4. The van der Waals surface area contributed by atoms with Gasteiger partial charge in [-0.2, -0.15) is 0 Å². The lowest BCUT2D eigenvalue weighted by atomic mass is 10.0. The summed E-state index contributed by atoms with van der Waals surface area (Å²) >= 11 is 0. The Balaban J connectivity index is 1.90. The van der Waals surface area contributed by atoms with E-state index in [4.69, 9.17) is 9.47 Å². The van der Waals surface area contributed by atoms with E-state index in [-0.39, 0.29) is 12.5 Å². The van der Waals surface area contributed by atoms with Crippen LogP contribution < -0.4 is 15.4 Å². The molecule has 1 aromatic rings. The summed E-state index contributed by atoms with van der Waals surface area (Å²) in [7, 11) is 1.59. The van der Waals surface area contributed by atoms with Crippen LogP contribution in [0.1, 0.15) is 19.8 Å². The maximum absolute atomic E-state index is 11.2. The number of anilines is 1. The molecule has 0 spiro atoms. The molecule has 5 nitrogen and oxygen atoms in total. The van der Waals surface area contributed by atoms with Crippen molar-refractivity contribution in [2.45, 2.75) is 31.9 Å². The second-order valence-electron chi connectivity index (χ2n) is 5.04. The number of hydrogen-bond acceptors (Lipinski definition) is 4. The van der Waals surface area contributed by atoms with Gasteiger partial charge in [0.1, 0.15) is 5.75 Å². The van der Waals surface area contributed by atoms with E-state index in [1.807, 2.05) is 24.3 Å². The average Bonchev–Trinajstić information content (AvgIpc) is 2.45. The lowest BCUT2D eigenvalue weighted by Crippen LogP contribution is -2.32. The van der Waals surface area contributed by atoms with Gasteiger partial charge < -0.3 is 20.1 Å². The first-order valence-electron chi connectivity index (χ1n) is 6.99. The minimum absolute atomic E-state index is 0.0360. The number of benzene rings is 1. The van der Waals surface area contributed by atoms with E-state index >= 15 is 0 Å². The van der Waals surface area contributed by atoms with Gasteiger partial charge in [-0.3, -0.25) is 4.79 Å². The summed E-state index contributed by atoms with van der Waals surface area (Å²) in [5.41, 5.74) is 1.01. The number of nitrogens with one attached hydrogen (secondary N) is 2. The molecule has 0 bridgehead atoms. The highest BCUT2D eigenvalue weighted by molar-refractivity contribution is 5.77. The monoisotopic (exact) mass is 278 g/mol. The first kappa shape index (κ1) is 14.7. The quantitative estimate of drug-likeness (QED) is 0.862. The molecule has 1 aliphatic rings. The molecule has 1 amide bonds. The Labute approximate surface area is 119 Å². The Kier molecular flexibility index (Phi) is 5.24. The number of amides is 1. The van der Waals surface area contributed by atoms with Gasteiger partial charge in [-0.15, -0.1) is 0 Å². The molecule has 1 fully saturated rings. The molecule has 2 atom stereocenters. The highest BCUT2D eigenvalue weighted by Crippen LogP contribution is 2.22. The average molecular weight is 278 g/mol. The third kappa shape index (κ3) is 4.42.